The first kappa shape index (κ1) is 16.5. The Morgan fingerprint density at radius 3 is 2.77 bits per heavy atom. The summed E-state index contributed by atoms with van der Waals surface area (Å²) >= 11 is 1.55. The molecule has 0 atom stereocenters. The van der Waals surface area contributed by atoms with E-state index in [0.717, 1.165) is 33.0 Å². The minimum absolute atomic E-state index is 0.0101. The second kappa shape index (κ2) is 6.77. The lowest BCUT2D eigenvalue weighted by Crippen LogP contribution is -2.13. The van der Waals surface area contributed by atoms with E-state index in [-0.39, 0.29) is 12.4 Å². The summed E-state index contributed by atoms with van der Waals surface area (Å²) in [6.07, 6.45) is 1.77. The molecule has 4 aromatic rings. The van der Waals surface area contributed by atoms with Crippen molar-refractivity contribution in [1.29, 1.82) is 0 Å². The fourth-order valence-electron chi connectivity index (χ4n) is 3.21. The molecule has 0 saturated heterocycles. The van der Waals surface area contributed by atoms with Crippen LogP contribution in [0.25, 0.3) is 15.9 Å². The van der Waals surface area contributed by atoms with Crippen LogP contribution in [0.3, 0.4) is 0 Å². The van der Waals surface area contributed by atoms with Crippen molar-refractivity contribution in [3.05, 3.63) is 77.1 Å². The molecular weight excluding hydrogens is 344 g/mol. The molecule has 0 aliphatic heterocycles. The minimum Gasteiger partial charge on any atom is -0.485 e. The van der Waals surface area contributed by atoms with E-state index in [2.05, 4.69) is 4.98 Å². The van der Waals surface area contributed by atoms with Crippen molar-refractivity contribution >= 4 is 27.9 Å². The van der Waals surface area contributed by atoms with E-state index in [0.29, 0.717) is 5.56 Å². The largest absolute Gasteiger partial charge is 0.485 e. The highest BCUT2D eigenvalue weighted by Crippen LogP contribution is 2.26. The van der Waals surface area contributed by atoms with E-state index in [1.807, 2.05) is 72.3 Å². The Hall–Kier alpha value is -2.92. The first-order valence-electron chi connectivity index (χ1n) is 8.37. The van der Waals surface area contributed by atoms with E-state index >= 15 is 0 Å². The molecule has 0 amide bonds. The Kier molecular flexibility index (Phi) is 4.31. The highest BCUT2D eigenvalue weighted by Gasteiger charge is 2.18. The van der Waals surface area contributed by atoms with Crippen LogP contribution in [0, 0.1) is 13.8 Å². The second-order valence-corrected chi connectivity index (χ2v) is 7.00. The van der Waals surface area contributed by atoms with Gasteiger partial charge < -0.3 is 4.74 Å². The van der Waals surface area contributed by atoms with Crippen LogP contribution in [0.5, 0.6) is 5.75 Å². The topological polar surface area (TPSA) is 44.1 Å². The molecule has 0 aliphatic carbocycles. The van der Waals surface area contributed by atoms with Gasteiger partial charge in [0.2, 0.25) is 5.78 Å². The van der Waals surface area contributed by atoms with Crippen LogP contribution in [-0.2, 0) is 0 Å². The number of aromatic nitrogens is 2. The molecule has 4 rings (SSSR count). The average molecular weight is 362 g/mol. The predicted octanol–water partition coefficient (Wildman–Crippen LogP) is 4.97. The maximum absolute atomic E-state index is 12.8. The van der Waals surface area contributed by atoms with Gasteiger partial charge in [0.25, 0.3) is 0 Å². The molecule has 26 heavy (non-hydrogen) atoms. The van der Waals surface area contributed by atoms with E-state index in [1.54, 1.807) is 17.5 Å². The van der Waals surface area contributed by atoms with E-state index < -0.39 is 0 Å². The zero-order valence-corrected chi connectivity index (χ0v) is 15.4. The standard InChI is InChI=1S/C21H18N2O2S/c1-14-12-18(15(2)23(14)21-22-10-11-26-21)19(24)13-25-20-9-5-7-16-6-3-4-8-17(16)20/h3-12H,13H2,1-2H3. The number of benzene rings is 2. The van der Waals surface area contributed by atoms with Crippen molar-refractivity contribution in [2.75, 3.05) is 6.61 Å². The minimum atomic E-state index is -0.0335. The summed E-state index contributed by atoms with van der Waals surface area (Å²) in [6.45, 7) is 3.94. The second-order valence-electron chi connectivity index (χ2n) is 6.12. The van der Waals surface area contributed by atoms with Crippen LogP contribution in [0.1, 0.15) is 21.7 Å². The molecule has 0 N–H and O–H groups in total. The van der Waals surface area contributed by atoms with Gasteiger partial charge in [-0.3, -0.25) is 9.36 Å². The fourth-order valence-corrected chi connectivity index (χ4v) is 3.96. The normalized spacial score (nSPS) is 11.0. The van der Waals surface area contributed by atoms with Gasteiger partial charge in [0.1, 0.15) is 5.75 Å². The molecule has 0 bridgehead atoms. The van der Waals surface area contributed by atoms with Crippen LogP contribution >= 0.6 is 11.3 Å². The lowest BCUT2D eigenvalue weighted by molar-refractivity contribution is 0.0922. The Bertz CT molecular complexity index is 1080. The van der Waals surface area contributed by atoms with Crippen molar-refractivity contribution in [2.45, 2.75) is 13.8 Å². The van der Waals surface area contributed by atoms with Gasteiger partial charge in [-0.1, -0.05) is 36.4 Å². The molecule has 2 aromatic heterocycles. The maximum atomic E-state index is 12.8. The number of carbonyl (C=O) groups excluding carboxylic acids is 1. The Balaban J connectivity index is 1.58. The smallest absolute Gasteiger partial charge is 0.202 e. The van der Waals surface area contributed by atoms with Crippen molar-refractivity contribution in [1.82, 2.24) is 9.55 Å². The molecule has 0 unspecified atom stereocenters. The van der Waals surface area contributed by atoms with E-state index in [9.17, 15) is 4.79 Å². The number of hydrogen-bond donors (Lipinski definition) is 0. The summed E-state index contributed by atoms with van der Waals surface area (Å²) in [5.74, 6) is 0.694. The van der Waals surface area contributed by atoms with Crippen molar-refractivity contribution in [2.24, 2.45) is 0 Å². The molecule has 0 fully saturated rings. The van der Waals surface area contributed by atoms with Gasteiger partial charge in [0.05, 0.1) is 0 Å². The molecule has 0 aliphatic rings. The van der Waals surface area contributed by atoms with Crippen molar-refractivity contribution in [3.8, 4) is 10.9 Å². The van der Waals surface area contributed by atoms with E-state index in [4.69, 9.17) is 4.74 Å². The number of nitrogens with zero attached hydrogens (tertiary/aromatic N) is 2. The molecule has 5 heteroatoms. The van der Waals surface area contributed by atoms with Crippen LogP contribution in [0.4, 0.5) is 0 Å². The van der Waals surface area contributed by atoms with Crippen LogP contribution in [0.2, 0.25) is 0 Å². The Morgan fingerprint density at radius 1 is 1.15 bits per heavy atom. The number of ether oxygens (including phenoxy) is 1. The third kappa shape index (κ3) is 2.91. The fraction of sp³-hybridized carbons (Fsp3) is 0.143. The Morgan fingerprint density at radius 2 is 1.96 bits per heavy atom. The van der Waals surface area contributed by atoms with Gasteiger partial charge in [0, 0.05) is 33.9 Å². The van der Waals surface area contributed by atoms with Crippen molar-refractivity contribution < 1.29 is 9.53 Å². The summed E-state index contributed by atoms with van der Waals surface area (Å²) in [7, 11) is 0. The zero-order chi connectivity index (χ0) is 18.1. The monoisotopic (exact) mass is 362 g/mol. The quantitative estimate of drug-likeness (QED) is 0.471. The summed E-state index contributed by atoms with van der Waals surface area (Å²) in [4.78, 5) is 17.1. The molecule has 130 valence electrons. The molecule has 0 spiro atoms. The van der Waals surface area contributed by atoms with Gasteiger partial charge in [-0.2, -0.15) is 0 Å². The molecule has 0 saturated carbocycles. The zero-order valence-electron chi connectivity index (χ0n) is 14.6. The highest BCUT2D eigenvalue weighted by atomic mass is 32.1. The average Bonchev–Trinajstić information content (AvgIpc) is 3.27. The third-order valence-corrected chi connectivity index (χ3v) is 5.21. The van der Waals surface area contributed by atoms with Gasteiger partial charge in [-0.25, -0.2) is 4.98 Å². The van der Waals surface area contributed by atoms with Gasteiger partial charge in [-0.15, -0.1) is 11.3 Å². The van der Waals surface area contributed by atoms with Crippen LogP contribution in [-0.4, -0.2) is 21.9 Å². The van der Waals surface area contributed by atoms with Crippen LogP contribution in [0.15, 0.2) is 60.1 Å². The van der Waals surface area contributed by atoms with Gasteiger partial charge in [-0.05, 0) is 31.4 Å². The maximum Gasteiger partial charge on any atom is 0.202 e. The lowest BCUT2D eigenvalue weighted by atomic mass is 10.1. The molecule has 0 radical (unpaired) electrons. The highest BCUT2D eigenvalue weighted by molar-refractivity contribution is 7.12. The Labute approximate surface area is 155 Å². The summed E-state index contributed by atoms with van der Waals surface area (Å²) in [5.41, 5.74) is 2.56. The predicted molar refractivity (Wildman–Crippen MR) is 105 cm³/mol. The molecular formula is C21H18N2O2S. The number of ketones is 1. The first-order valence-corrected chi connectivity index (χ1v) is 9.25. The number of rotatable bonds is 5. The third-order valence-electron chi connectivity index (χ3n) is 4.45. The SMILES string of the molecule is Cc1cc(C(=O)COc2cccc3ccccc23)c(C)n1-c1nccs1. The number of Topliss-reactive ketones (excluding diaryl/α,β-unsaturated/α-hetero) is 1. The van der Waals surface area contributed by atoms with Gasteiger partial charge in [0.15, 0.2) is 11.7 Å². The number of carbonyl (C=O) groups is 1. The molecule has 4 nitrogen and oxygen atoms in total. The van der Waals surface area contributed by atoms with Crippen LogP contribution < -0.4 is 4.74 Å². The summed E-state index contributed by atoms with van der Waals surface area (Å²) in [6, 6.07) is 15.8. The lowest BCUT2D eigenvalue weighted by Gasteiger charge is -2.09. The van der Waals surface area contributed by atoms with Gasteiger partial charge >= 0.3 is 0 Å². The molecule has 2 heterocycles. The number of hydrogen-bond acceptors (Lipinski definition) is 4. The number of aryl methyl sites for hydroxylation is 1. The van der Waals surface area contributed by atoms with Crippen molar-refractivity contribution in [3.63, 3.8) is 0 Å². The summed E-state index contributed by atoms with van der Waals surface area (Å²) < 4.78 is 7.87. The number of fused-ring (bicyclic) bond motifs is 1. The first-order chi connectivity index (χ1) is 12.6. The van der Waals surface area contributed by atoms with E-state index in [1.165, 1.54) is 0 Å². The molecule has 2 aromatic carbocycles. The number of thiazole rings is 1. The summed E-state index contributed by atoms with van der Waals surface area (Å²) in [5, 5.41) is 4.91.